The van der Waals surface area contributed by atoms with Crippen LogP contribution in [0.2, 0.25) is 0 Å². The first-order valence-electron chi connectivity index (χ1n) is 8.00. The quantitative estimate of drug-likeness (QED) is 0.696. The van der Waals surface area contributed by atoms with Crippen molar-refractivity contribution in [3.05, 3.63) is 12.3 Å². The molecule has 2 aliphatic heterocycles. The number of rotatable bonds is 1. The predicted molar refractivity (Wildman–Crippen MR) is 81.3 cm³/mol. The van der Waals surface area contributed by atoms with Gasteiger partial charge in [0, 0.05) is 26.3 Å². The summed E-state index contributed by atoms with van der Waals surface area (Å²) in [5.41, 5.74) is -1.16. The molecule has 2 bridgehead atoms. The maximum absolute atomic E-state index is 13.3. The number of carbonyl (C=O) groups excluding carboxylic acids is 2. The first-order valence-corrected chi connectivity index (χ1v) is 8.00. The van der Waals surface area contributed by atoms with E-state index in [-0.39, 0.29) is 22.6 Å². The van der Waals surface area contributed by atoms with E-state index in [1.165, 1.54) is 0 Å². The van der Waals surface area contributed by atoms with Gasteiger partial charge in [-0.3, -0.25) is 9.59 Å². The van der Waals surface area contributed by atoms with Crippen molar-refractivity contribution in [2.24, 2.45) is 16.2 Å². The number of fused-ring (bicyclic) bond motifs is 2. The Kier molecular flexibility index (Phi) is 3.02. The minimum atomic E-state index is -0.879. The van der Waals surface area contributed by atoms with E-state index in [0.29, 0.717) is 6.42 Å². The number of allylic oxidation sites excluding steroid dienone is 1. The molecule has 2 fully saturated rings. The number of nitrogens with zero attached hydrogens (tertiary/aromatic N) is 2. The normalized spacial score (nSPS) is 38.0. The molecule has 0 radical (unpaired) electrons. The number of hydrogen-bond acceptors (Lipinski definition) is 2. The number of hydrogen-bond donors (Lipinski definition) is 0. The van der Waals surface area contributed by atoms with Crippen LogP contribution in [0, 0.1) is 16.2 Å². The summed E-state index contributed by atoms with van der Waals surface area (Å²) in [6.45, 7) is 7.97. The minimum absolute atomic E-state index is 0.0173. The summed E-state index contributed by atoms with van der Waals surface area (Å²) in [5, 5.41) is 0. The first kappa shape index (κ1) is 14.6. The second-order valence-corrected chi connectivity index (χ2v) is 7.78. The highest BCUT2D eigenvalue weighted by molar-refractivity contribution is 6.07. The van der Waals surface area contributed by atoms with Gasteiger partial charge in [-0.2, -0.15) is 0 Å². The van der Waals surface area contributed by atoms with Gasteiger partial charge in [-0.05, 0) is 36.5 Å². The van der Waals surface area contributed by atoms with Gasteiger partial charge in [0.25, 0.3) is 0 Å². The van der Waals surface area contributed by atoms with Crippen LogP contribution in [0.1, 0.15) is 46.5 Å². The summed E-state index contributed by atoms with van der Waals surface area (Å²) in [4.78, 5) is 29.8. The standard InChI is InChI=1S/C17H26N2O2/c1-15(2)16(3)8-9-17(15,13(20)18(4)12-16)14(21)19-10-6-5-7-11-19/h6,10H,5,7-9,11-12H2,1-4H3. The van der Waals surface area contributed by atoms with Crippen LogP contribution in [0.25, 0.3) is 0 Å². The van der Waals surface area contributed by atoms with Gasteiger partial charge < -0.3 is 9.80 Å². The summed E-state index contributed by atoms with van der Waals surface area (Å²) in [6, 6.07) is 0. The Hall–Kier alpha value is -1.32. The number of amides is 2. The lowest BCUT2D eigenvalue weighted by molar-refractivity contribution is -0.174. The zero-order chi connectivity index (χ0) is 15.5. The maximum atomic E-state index is 13.3. The summed E-state index contributed by atoms with van der Waals surface area (Å²) >= 11 is 0. The zero-order valence-corrected chi connectivity index (χ0v) is 13.6. The van der Waals surface area contributed by atoms with Crippen LogP contribution in [0.4, 0.5) is 0 Å². The second kappa shape index (κ2) is 4.34. The highest BCUT2D eigenvalue weighted by Gasteiger charge is 2.71. The van der Waals surface area contributed by atoms with Gasteiger partial charge in [-0.15, -0.1) is 0 Å². The molecule has 116 valence electrons. The van der Waals surface area contributed by atoms with E-state index in [1.807, 2.05) is 19.3 Å². The molecule has 0 aromatic heterocycles. The highest BCUT2D eigenvalue weighted by Crippen LogP contribution is 2.66. The molecule has 3 aliphatic rings. The summed E-state index contributed by atoms with van der Waals surface area (Å²) < 4.78 is 0. The van der Waals surface area contributed by atoms with Crippen LogP contribution in [-0.2, 0) is 9.59 Å². The molecule has 3 rings (SSSR count). The Morgan fingerprint density at radius 2 is 1.95 bits per heavy atom. The van der Waals surface area contributed by atoms with Crippen molar-refractivity contribution in [1.82, 2.24) is 9.80 Å². The number of piperidine rings is 1. The molecule has 1 aliphatic carbocycles. The Bertz CT molecular complexity index is 525. The van der Waals surface area contributed by atoms with Crippen LogP contribution in [0.15, 0.2) is 12.3 Å². The topological polar surface area (TPSA) is 40.6 Å². The van der Waals surface area contributed by atoms with Crippen molar-refractivity contribution in [2.75, 3.05) is 20.1 Å². The molecular weight excluding hydrogens is 264 g/mol. The van der Waals surface area contributed by atoms with Crippen molar-refractivity contribution in [3.8, 4) is 0 Å². The maximum Gasteiger partial charge on any atom is 0.242 e. The third kappa shape index (κ3) is 1.62. The zero-order valence-electron chi connectivity index (χ0n) is 13.6. The molecule has 0 N–H and O–H groups in total. The van der Waals surface area contributed by atoms with Gasteiger partial charge in [0.2, 0.25) is 11.8 Å². The van der Waals surface area contributed by atoms with Crippen LogP contribution in [0.5, 0.6) is 0 Å². The molecule has 0 aromatic carbocycles. The van der Waals surface area contributed by atoms with Gasteiger partial charge >= 0.3 is 0 Å². The Balaban J connectivity index is 2.08. The van der Waals surface area contributed by atoms with Gasteiger partial charge in [0.1, 0.15) is 5.41 Å². The summed E-state index contributed by atoms with van der Waals surface area (Å²) in [5.74, 6) is 0.0372. The SMILES string of the molecule is CN1CC2(C)CCC(C(=O)N3C=CCCC3)(C1=O)C2(C)C. The molecule has 1 saturated carbocycles. The van der Waals surface area contributed by atoms with E-state index in [2.05, 4.69) is 20.8 Å². The van der Waals surface area contributed by atoms with Crippen LogP contribution < -0.4 is 0 Å². The van der Waals surface area contributed by atoms with E-state index in [9.17, 15) is 9.59 Å². The lowest BCUT2D eigenvalue weighted by Crippen LogP contribution is -2.65. The van der Waals surface area contributed by atoms with Crippen molar-refractivity contribution in [1.29, 1.82) is 0 Å². The van der Waals surface area contributed by atoms with Crippen LogP contribution in [-0.4, -0.2) is 41.8 Å². The number of carbonyl (C=O) groups is 2. The Morgan fingerprint density at radius 3 is 2.57 bits per heavy atom. The second-order valence-electron chi connectivity index (χ2n) is 7.78. The molecule has 2 atom stereocenters. The molecule has 1 saturated heterocycles. The smallest absolute Gasteiger partial charge is 0.242 e. The monoisotopic (exact) mass is 290 g/mol. The molecule has 21 heavy (non-hydrogen) atoms. The van der Waals surface area contributed by atoms with E-state index in [1.54, 1.807) is 9.80 Å². The van der Waals surface area contributed by atoms with E-state index >= 15 is 0 Å². The summed E-state index contributed by atoms with van der Waals surface area (Å²) in [6.07, 6.45) is 7.55. The fraction of sp³-hybridized carbons (Fsp3) is 0.765. The first-order chi connectivity index (χ1) is 9.76. The van der Waals surface area contributed by atoms with Crippen LogP contribution >= 0.6 is 0 Å². The highest BCUT2D eigenvalue weighted by atomic mass is 16.2. The Labute approximate surface area is 127 Å². The molecule has 2 unspecified atom stereocenters. The third-order valence-electron chi connectivity index (χ3n) is 6.61. The molecule has 2 heterocycles. The lowest BCUT2D eigenvalue weighted by atomic mass is 9.55. The fourth-order valence-electron chi connectivity index (χ4n) is 4.71. The molecule has 0 aromatic rings. The van der Waals surface area contributed by atoms with Gasteiger partial charge in [-0.25, -0.2) is 0 Å². The largest absolute Gasteiger partial charge is 0.344 e. The van der Waals surface area contributed by atoms with Crippen molar-refractivity contribution in [2.45, 2.75) is 46.5 Å². The molecular formula is C17H26N2O2. The van der Waals surface area contributed by atoms with Gasteiger partial charge in [-0.1, -0.05) is 26.8 Å². The van der Waals surface area contributed by atoms with Crippen molar-refractivity contribution in [3.63, 3.8) is 0 Å². The molecule has 0 spiro atoms. The van der Waals surface area contributed by atoms with E-state index < -0.39 is 5.41 Å². The average molecular weight is 290 g/mol. The molecule has 4 nitrogen and oxygen atoms in total. The van der Waals surface area contributed by atoms with Gasteiger partial charge in [0.15, 0.2) is 0 Å². The molecule has 2 amide bonds. The van der Waals surface area contributed by atoms with Crippen molar-refractivity contribution < 1.29 is 9.59 Å². The predicted octanol–water partition coefficient (Wildman–Crippen LogP) is 2.41. The van der Waals surface area contributed by atoms with Crippen molar-refractivity contribution >= 4 is 11.8 Å². The summed E-state index contributed by atoms with van der Waals surface area (Å²) in [7, 11) is 1.84. The fourth-order valence-corrected chi connectivity index (χ4v) is 4.71. The molecule has 4 heteroatoms. The Morgan fingerprint density at radius 1 is 1.24 bits per heavy atom. The van der Waals surface area contributed by atoms with E-state index in [4.69, 9.17) is 0 Å². The lowest BCUT2D eigenvalue weighted by Gasteiger charge is -2.54. The third-order valence-corrected chi connectivity index (χ3v) is 6.61. The van der Waals surface area contributed by atoms with Crippen LogP contribution in [0.3, 0.4) is 0 Å². The minimum Gasteiger partial charge on any atom is -0.344 e. The number of likely N-dealkylation sites (tertiary alicyclic amines) is 1. The average Bonchev–Trinajstić information content (AvgIpc) is 2.58. The van der Waals surface area contributed by atoms with Gasteiger partial charge in [0.05, 0.1) is 0 Å². The van der Waals surface area contributed by atoms with E-state index in [0.717, 1.165) is 32.4 Å².